The van der Waals surface area contributed by atoms with E-state index < -0.39 is 0 Å². The molecule has 0 spiro atoms. The molecule has 0 saturated heterocycles. The van der Waals surface area contributed by atoms with Gasteiger partial charge in [0, 0.05) is 47.9 Å². The van der Waals surface area contributed by atoms with Crippen molar-refractivity contribution in [1.29, 1.82) is 0 Å². The van der Waals surface area contributed by atoms with Gasteiger partial charge in [0.1, 0.15) is 17.2 Å². The molecule has 7 aromatic rings. The van der Waals surface area contributed by atoms with Gasteiger partial charge in [0.2, 0.25) is 0 Å². The second-order valence-corrected chi connectivity index (χ2v) is 22.0. The molecule has 0 saturated carbocycles. The Hall–Kier alpha value is -6.39. The van der Waals surface area contributed by atoms with Crippen LogP contribution in [0.5, 0.6) is 17.2 Å². The second kappa shape index (κ2) is 26.6. The molecule has 8 heteroatoms. The lowest BCUT2D eigenvalue weighted by Gasteiger charge is -2.16. The minimum Gasteiger partial charge on any atom is -0.493 e. The molecule has 0 aliphatic carbocycles. The van der Waals surface area contributed by atoms with Crippen molar-refractivity contribution in [2.75, 3.05) is 19.8 Å². The molecule has 76 heavy (non-hydrogen) atoms. The molecular formula is C68H77IN4O3. The van der Waals surface area contributed by atoms with E-state index in [4.69, 9.17) is 24.2 Å². The number of rotatable bonds is 25. The van der Waals surface area contributed by atoms with E-state index in [9.17, 15) is 0 Å². The topological polar surface area (TPSA) is 85.1 Å². The standard InChI is InChI=1S/C68H77IN4O3/c1-7-13-16-46(10-4)43-74-54-29-21-50(22-30-54)66-59-37-35-57(70-59)65(49-19-27-53(69)28-20-49)58-36-38-60(71-58)67(51-23-31-55(32-24-51)75-44-47(11-5)17-14-8-2)62-40-42-64(73-62)68(63-41-39-61(66)72-63)52-25-33-56(34-26-52)76-45-48(12-6)18-15-9-3/h19-42,46-48,70,73H,7-18,43-45H2,1-6H3. The number of aromatic nitrogens is 4. The Kier molecular flexibility index (Phi) is 19.0. The van der Waals surface area contributed by atoms with Crippen molar-refractivity contribution >= 4 is 69.0 Å². The van der Waals surface area contributed by atoms with Gasteiger partial charge in [0.15, 0.2) is 0 Å². The number of benzene rings is 4. The maximum Gasteiger partial charge on any atom is 0.119 e. The number of ether oxygens (including phenoxy) is 3. The van der Waals surface area contributed by atoms with Crippen molar-refractivity contribution in [3.63, 3.8) is 0 Å². The number of H-pyrrole nitrogens is 2. The zero-order valence-corrected chi connectivity index (χ0v) is 47.8. The summed E-state index contributed by atoms with van der Waals surface area (Å²) < 4.78 is 20.5. The zero-order valence-electron chi connectivity index (χ0n) is 45.7. The first-order chi connectivity index (χ1) is 37.3. The van der Waals surface area contributed by atoms with E-state index in [-0.39, 0.29) is 0 Å². The lowest BCUT2D eigenvalue weighted by molar-refractivity contribution is 0.233. The molecule has 3 atom stereocenters. The summed E-state index contributed by atoms with van der Waals surface area (Å²) in [6, 6.07) is 43.2. The molecule has 3 aromatic heterocycles. The van der Waals surface area contributed by atoms with Crippen molar-refractivity contribution < 1.29 is 14.2 Å². The number of halogens is 1. The third-order valence-electron chi connectivity index (χ3n) is 15.4. The van der Waals surface area contributed by atoms with Crippen molar-refractivity contribution in [3.8, 4) is 61.8 Å². The van der Waals surface area contributed by atoms with Crippen LogP contribution in [0.3, 0.4) is 0 Å². The fourth-order valence-corrected chi connectivity index (χ4v) is 10.9. The van der Waals surface area contributed by atoms with Gasteiger partial charge in [0.05, 0.1) is 42.6 Å². The van der Waals surface area contributed by atoms with Crippen LogP contribution in [0.2, 0.25) is 0 Å². The molecule has 7 nitrogen and oxygen atoms in total. The second-order valence-electron chi connectivity index (χ2n) is 20.8. The number of nitrogens with one attached hydrogen (secondary N) is 2. The summed E-state index contributed by atoms with van der Waals surface area (Å²) in [5.74, 6) is 4.26. The summed E-state index contributed by atoms with van der Waals surface area (Å²) in [7, 11) is 0. The van der Waals surface area contributed by atoms with Gasteiger partial charge in [-0.2, -0.15) is 0 Å². The smallest absolute Gasteiger partial charge is 0.119 e. The summed E-state index contributed by atoms with van der Waals surface area (Å²) in [6.45, 7) is 15.7. The van der Waals surface area contributed by atoms with Gasteiger partial charge in [-0.05, 0) is 179 Å². The highest BCUT2D eigenvalue weighted by atomic mass is 127. The molecule has 4 aromatic carbocycles. The maximum absolute atomic E-state index is 6.45. The van der Waals surface area contributed by atoms with E-state index in [0.29, 0.717) is 17.8 Å². The van der Waals surface area contributed by atoms with E-state index in [1.807, 2.05) is 0 Å². The van der Waals surface area contributed by atoms with Gasteiger partial charge in [-0.1, -0.05) is 148 Å². The molecule has 8 bridgehead atoms. The van der Waals surface area contributed by atoms with Gasteiger partial charge >= 0.3 is 0 Å². The lowest BCUT2D eigenvalue weighted by atomic mass is 10.0. The Morgan fingerprint density at radius 1 is 0.368 bits per heavy atom. The number of unbranched alkanes of at least 4 members (excludes halogenated alkanes) is 3. The summed E-state index contributed by atoms with van der Waals surface area (Å²) in [5, 5.41) is 0. The average molecular weight is 1130 g/mol. The molecule has 2 N–H and O–H groups in total. The third-order valence-corrected chi connectivity index (χ3v) is 16.1. The van der Waals surface area contributed by atoms with Crippen LogP contribution in [0.1, 0.15) is 141 Å². The van der Waals surface area contributed by atoms with E-state index in [1.165, 1.54) is 61.4 Å². The molecule has 0 radical (unpaired) electrons. The number of hydrogen-bond acceptors (Lipinski definition) is 5. The Labute approximate surface area is 465 Å². The van der Waals surface area contributed by atoms with Crippen LogP contribution in [0, 0.1) is 21.3 Å². The van der Waals surface area contributed by atoms with Gasteiger partial charge in [0.25, 0.3) is 0 Å². The minimum absolute atomic E-state index is 0.540. The fourth-order valence-electron chi connectivity index (χ4n) is 10.5. The first-order valence-electron chi connectivity index (χ1n) is 28.4. The van der Waals surface area contributed by atoms with Crippen LogP contribution >= 0.6 is 22.6 Å². The number of nitrogens with zero attached hydrogens (tertiary/aromatic N) is 2. The monoisotopic (exact) mass is 1120 g/mol. The summed E-state index contributed by atoms with van der Waals surface area (Å²) in [5.41, 5.74) is 15.5. The molecule has 2 aliphatic heterocycles. The maximum atomic E-state index is 6.45. The van der Waals surface area contributed by atoms with Gasteiger partial charge in [-0.3, -0.25) is 0 Å². The molecule has 5 heterocycles. The first kappa shape index (κ1) is 54.4. The summed E-state index contributed by atoms with van der Waals surface area (Å²) >= 11 is 2.38. The van der Waals surface area contributed by atoms with Crippen molar-refractivity contribution in [2.24, 2.45) is 17.8 Å². The van der Waals surface area contributed by atoms with Crippen LogP contribution in [0.4, 0.5) is 0 Å². The van der Waals surface area contributed by atoms with Crippen molar-refractivity contribution in [3.05, 3.63) is 148 Å². The predicted octanol–water partition coefficient (Wildman–Crippen LogP) is 19.7. The van der Waals surface area contributed by atoms with Crippen LogP contribution < -0.4 is 14.2 Å². The molecular weight excluding hydrogens is 1050 g/mol. The SMILES string of the molecule is CCCCC(CC)COc1ccc(-c2c3nc(c(-c4ccc(OCC(CC)CCCC)cc4)c4ccc([nH]4)c(-c4ccc(OCC(CC)CCCC)cc4)c4nc(c(-c5ccc(I)cc5)c5ccc2[nH]5)C=C4)C=C3)cc1. The molecule has 3 unspecified atom stereocenters. The normalized spacial score (nSPS) is 13.2. The Balaban J connectivity index is 1.24. The molecule has 0 fully saturated rings. The van der Waals surface area contributed by atoms with Gasteiger partial charge in [-0.25, -0.2) is 9.97 Å². The van der Waals surface area contributed by atoms with E-state index in [2.05, 4.69) is 220 Å². The highest BCUT2D eigenvalue weighted by Crippen LogP contribution is 2.40. The molecule has 0 amide bonds. The largest absolute Gasteiger partial charge is 0.493 e. The Bertz CT molecular complexity index is 3180. The van der Waals surface area contributed by atoms with Crippen LogP contribution in [0.25, 0.3) is 90.9 Å². The van der Waals surface area contributed by atoms with Crippen LogP contribution in [-0.4, -0.2) is 39.8 Å². The highest BCUT2D eigenvalue weighted by Gasteiger charge is 2.20. The highest BCUT2D eigenvalue weighted by molar-refractivity contribution is 14.1. The predicted molar refractivity (Wildman–Crippen MR) is 330 cm³/mol. The quantitative estimate of drug-likeness (QED) is 0.0557. The van der Waals surface area contributed by atoms with Crippen molar-refractivity contribution in [1.82, 2.24) is 19.9 Å². The number of aromatic amines is 2. The number of fused-ring (bicyclic) bond motifs is 8. The third kappa shape index (κ3) is 13.2. The van der Waals surface area contributed by atoms with Gasteiger partial charge < -0.3 is 24.2 Å². The van der Waals surface area contributed by atoms with Crippen LogP contribution in [-0.2, 0) is 0 Å². The first-order valence-corrected chi connectivity index (χ1v) is 29.5. The Morgan fingerprint density at radius 3 is 0.882 bits per heavy atom. The number of hydrogen-bond donors (Lipinski definition) is 2. The minimum atomic E-state index is 0.540. The molecule has 394 valence electrons. The Morgan fingerprint density at radius 2 is 0.632 bits per heavy atom. The zero-order chi connectivity index (χ0) is 52.8. The van der Waals surface area contributed by atoms with Gasteiger partial charge in [-0.15, -0.1) is 0 Å². The average Bonchev–Trinajstić information content (AvgIpc) is 4.34. The molecule has 9 rings (SSSR count). The molecule has 2 aliphatic rings. The van der Waals surface area contributed by atoms with Crippen LogP contribution in [0.15, 0.2) is 121 Å². The summed E-state index contributed by atoms with van der Waals surface area (Å²) in [4.78, 5) is 19.0. The lowest BCUT2D eigenvalue weighted by Crippen LogP contribution is -2.11. The van der Waals surface area contributed by atoms with Crippen molar-refractivity contribution in [2.45, 2.75) is 119 Å². The fraction of sp³-hybridized carbons (Fsp3) is 0.353. The summed E-state index contributed by atoms with van der Waals surface area (Å²) in [6.07, 6.45) is 22.8. The van der Waals surface area contributed by atoms with E-state index in [0.717, 1.165) is 146 Å². The van der Waals surface area contributed by atoms with E-state index >= 15 is 0 Å². The van der Waals surface area contributed by atoms with E-state index in [1.54, 1.807) is 0 Å².